The fraction of sp³-hybridized carbons (Fsp3) is 0.333. The van der Waals surface area contributed by atoms with Crippen LogP contribution < -0.4 is 34.3 Å². The van der Waals surface area contributed by atoms with Crippen LogP contribution in [0.5, 0.6) is 11.5 Å². The van der Waals surface area contributed by atoms with Crippen LogP contribution in [-0.4, -0.2) is 14.2 Å². The second-order valence-electron chi connectivity index (χ2n) is 13.6. The van der Waals surface area contributed by atoms with Crippen LogP contribution in [0.25, 0.3) is 34.4 Å². The van der Waals surface area contributed by atoms with Crippen molar-refractivity contribution in [3.63, 3.8) is 0 Å². The van der Waals surface area contributed by atoms with E-state index in [4.69, 9.17) is 9.47 Å². The summed E-state index contributed by atoms with van der Waals surface area (Å²) in [4.78, 5) is 0. The van der Waals surface area contributed by atoms with Crippen LogP contribution in [-0.2, 0) is 20.3 Å². The van der Waals surface area contributed by atoms with Crippen LogP contribution in [0.1, 0.15) is 81.9 Å². The molecule has 0 spiro atoms. The van der Waals surface area contributed by atoms with E-state index in [1.165, 1.54) is 59.1 Å². The van der Waals surface area contributed by atoms with Crippen molar-refractivity contribution in [1.82, 2.24) is 0 Å². The molecule has 4 aliphatic rings. The maximum absolute atomic E-state index is 5.50. The summed E-state index contributed by atoms with van der Waals surface area (Å²) in [5.74, 6) is 1.83. The Hall–Kier alpha value is -2.58. The third kappa shape index (κ3) is 5.31. The molecule has 4 aromatic rings. The molecule has 3 aliphatic carbocycles. The molecule has 1 saturated heterocycles. The van der Waals surface area contributed by atoms with Gasteiger partial charge in [-0.15, -0.1) is 0 Å². The zero-order chi connectivity index (χ0) is 30.7. The van der Waals surface area contributed by atoms with Gasteiger partial charge in [-0.05, 0) is 0 Å². The zero-order valence-corrected chi connectivity index (χ0v) is 31.8. The molecule has 4 atom stereocenters. The summed E-state index contributed by atoms with van der Waals surface area (Å²) in [6.45, 7) is 4.84. The third-order valence-electron chi connectivity index (χ3n) is 11.9. The molecule has 2 fully saturated rings. The van der Waals surface area contributed by atoms with E-state index in [2.05, 4.69) is 111 Å². The smallest absolute Gasteiger partial charge is 1.00 e. The van der Waals surface area contributed by atoms with Crippen molar-refractivity contribution in [1.29, 1.82) is 0 Å². The standard InChI is InChI=1S/2C18H17O.C6H10.2ClH.Zr/c2*1-3-13-11-15-5-4-6-17(18(15)12-13)14-7-9-16(19-2)10-8-14;1-2-4-6-5-3-1;;;/h2*4-12H,3H2,1-2H3;1-2H,3-6H2;2*1H;/q;;;;;+2/p-2. The summed E-state index contributed by atoms with van der Waals surface area (Å²) in [7, 11) is 3.50. The maximum atomic E-state index is 5.50. The van der Waals surface area contributed by atoms with Crippen LogP contribution in [0, 0.1) is 0 Å². The van der Waals surface area contributed by atoms with Crippen molar-refractivity contribution >= 4 is 12.2 Å². The van der Waals surface area contributed by atoms with Crippen molar-refractivity contribution in [2.75, 3.05) is 14.2 Å². The number of hydrogen-bond donors (Lipinski definition) is 0. The van der Waals surface area contributed by atoms with E-state index >= 15 is 0 Å². The molecule has 1 saturated carbocycles. The van der Waals surface area contributed by atoms with Gasteiger partial charge < -0.3 is 24.8 Å². The average Bonchev–Trinajstić information content (AvgIpc) is 3.38. The molecule has 5 heteroatoms. The Bertz CT molecular complexity index is 1690. The minimum absolute atomic E-state index is 0. The first-order valence-corrected chi connectivity index (χ1v) is 22.8. The van der Waals surface area contributed by atoms with Crippen molar-refractivity contribution in [2.45, 2.75) is 66.9 Å². The van der Waals surface area contributed by atoms with E-state index in [0.29, 0.717) is 7.25 Å². The fourth-order valence-corrected chi connectivity index (χ4v) is 33.5. The van der Waals surface area contributed by atoms with Crippen molar-refractivity contribution in [3.05, 3.63) is 118 Å². The number of ether oxygens (including phenoxy) is 2. The number of methoxy groups -OCH3 is 2. The fourth-order valence-electron chi connectivity index (χ4n) is 10.0. The molecule has 4 unspecified atom stereocenters. The summed E-state index contributed by atoms with van der Waals surface area (Å²) in [5, 5.41) is 0. The number of rotatable bonds is 8. The molecule has 1 heterocycles. The molecule has 4 aromatic carbocycles. The third-order valence-corrected chi connectivity index (χ3v) is 28.9. The molecule has 0 aromatic heterocycles. The number of halogens is 2. The summed E-state index contributed by atoms with van der Waals surface area (Å²) >= 11 is -3.00. The Morgan fingerprint density at radius 3 is 1.34 bits per heavy atom. The van der Waals surface area contributed by atoms with Gasteiger partial charge in [-0.3, -0.25) is 0 Å². The quantitative estimate of drug-likeness (QED) is 0.229. The molecule has 0 amide bonds. The number of hydrogen-bond acceptors (Lipinski definition) is 2. The van der Waals surface area contributed by atoms with Gasteiger partial charge in [0.25, 0.3) is 0 Å². The maximum Gasteiger partial charge on any atom is -1.00 e. The predicted octanol–water partition coefficient (Wildman–Crippen LogP) is 5.76. The molecule has 2 nitrogen and oxygen atoms in total. The van der Waals surface area contributed by atoms with Gasteiger partial charge in [-0.2, -0.15) is 0 Å². The normalized spacial score (nSPS) is 23.5. The van der Waals surface area contributed by atoms with Crippen molar-refractivity contribution in [3.8, 4) is 33.8 Å². The Balaban J connectivity index is 0.00000193. The van der Waals surface area contributed by atoms with E-state index in [1.807, 2.05) is 0 Å². The number of allylic oxidation sites excluding steroid dienone is 2. The topological polar surface area (TPSA) is 18.5 Å². The van der Waals surface area contributed by atoms with Gasteiger partial charge in [0.05, 0.1) is 0 Å². The van der Waals surface area contributed by atoms with Gasteiger partial charge in [0.2, 0.25) is 0 Å². The Morgan fingerprint density at radius 1 is 0.574 bits per heavy atom. The van der Waals surface area contributed by atoms with E-state index < -0.39 is 20.3 Å². The second-order valence-corrected chi connectivity index (χ2v) is 25.0. The van der Waals surface area contributed by atoms with Gasteiger partial charge in [-0.25, -0.2) is 0 Å². The average molecular weight is 743 g/mol. The summed E-state index contributed by atoms with van der Waals surface area (Å²) in [6.07, 6.45) is 13.3. The first kappa shape index (κ1) is 34.3. The molecular weight excluding hydrogens is 699 g/mol. The van der Waals surface area contributed by atoms with E-state index in [0.717, 1.165) is 31.6 Å². The van der Waals surface area contributed by atoms with Crippen molar-refractivity contribution in [2.24, 2.45) is 0 Å². The molecular formula is C42H44Cl2O2Zr. The van der Waals surface area contributed by atoms with Gasteiger partial charge >= 0.3 is 275 Å². The Morgan fingerprint density at radius 2 is 0.979 bits per heavy atom. The minimum Gasteiger partial charge on any atom is -1.00 e. The summed E-state index contributed by atoms with van der Waals surface area (Å²) < 4.78 is 14.3. The van der Waals surface area contributed by atoms with Gasteiger partial charge in [0.1, 0.15) is 0 Å². The first-order chi connectivity index (χ1) is 22.1. The summed E-state index contributed by atoms with van der Waals surface area (Å²) in [6, 6.07) is 31.8. The summed E-state index contributed by atoms with van der Waals surface area (Å²) in [5.41, 5.74) is 15.1. The molecule has 1 aliphatic heterocycles. The predicted molar refractivity (Wildman–Crippen MR) is 185 cm³/mol. The van der Waals surface area contributed by atoms with Crippen LogP contribution >= 0.6 is 0 Å². The van der Waals surface area contributed by atoms with Gasteiger partial charge in [0.15, 0.2) is 0 Å². The minimum atomic E-state index is -3.00. The van der Waals surface area contributed by atoms with E-state index in [9.17, 15) is 0 Å². The molecule has 0 bridgehead atoms. The van der Waals surface area contributed by atoms with Gasteiger partial charge in [-0.1, -0.05) is 0 Å². The largest absolute Gasteiger partial charge is 1.00 e. The van der Waals surface area contributed by atoms with E-state index in [-0.39, 0.29) is 24.8 Å². The monoisotopic (exact) mass is 740 g/mol. The Labute approximate surface area is 297 Å². The first-order valence-electron chi connectivity index (χ1n) is 17.1. The molecule has 0 radical (unpaired) electrons. The zero-order valence-electron chi connectivity index (χ0n) is 27.9. The molecule has 242 valence electrons. The van der Waals surface area contributed by atoms with Gasteiger partial charge in [0, 0.05) is 0 Å². The van der Waals surface area contributed by atoms with Crippen LogP contribution in [0.2, 0.25) is 7.25 Å². The molecule has 0 N–H and O–H groups in total. The van der Waals surface area contributed by atoms with Crippen LogP contribution in [0.15, 0.2) is 96.1 Å². The van der Waals surface area contributed by atoms with E-state index in [1.54, 1.807) is 36.5 Å². The second kappa shape index (κ2) is 13.7. The van der Waals surface area contributed by atoms with Crippen LogP contribution in [0.4, 0.5) is 0 Å². The SMILES string of the molecule is CCC1=Cc2c(-c3ccc(OC)cc3)cccc2[CH]1[Zr+2]1([CH]2C(CC)=Cc3c(-c4ccc(OC)cc4)cccc32)[CH]2CCCC[CH]21.[Cl-].[Cl-]. The van der Waals surface area contributed by atoms with Crippen molar-refractivity contribution < 1.29 is 54.6 Å². The number of fused-ring (bicyclic) bond motifs is 3. The Kier molecular flexibility index (Phi) is 10.0. The molecule has 8 rings (SSSR count). The number of benzene rings is 4. The van der Waals surface area contributed by atoms with Crippen LogP contribution in [0.3, 0.4) is 0 Å². The molecule has 47 heavy (non-hydrogen) atoms.